The number of aliphatic carboxylic acids is 1. The number of rotatable bonds is 3. The van der Waals surface area contributed by atoms with Crippen molar-refractivity contribution in [2.75, 3.05) is 0 Å². The molecule has 4 nitrogen and oxygen atoms in total. The Morgan fingerprint density at radius 2 is 1.95 bits per heavy atom. The van der Waals surface area contributed by atoms with E-state index in [1.54, 1.807) is 0 Å². The molecule has 0 aliphatic carbocycles. The van der Waals surface area contributed by atoms with E-state index in [1.807, 2.05) is 45.0 Å². The molecule has 5 heteroatoms. The van der Waals surface area contributed by atoms with Crippen molar-refractivity contribution in [3.63, 3.8) is 0 Å². The van der Waals surface area contributed by atoms with Gasteiger partial charge in [0.2, 0.25) is 0 Å². The predicted octanol–water partition coefficient (Wildman–Crippen LogP) is 3.84. The lowest BCUT2D eigenvalue weighted by atomic mass is 9.85. The number of hydrogen-bond donors (Lipinski definition) is 1. The van der Waals surface area contributed by atoms with E-state index >= 15 is 0 Å². The number of pyridine rings is 1. The van der Waals surface area contributed by atoms with Gasteiger partial charge < -0.3 is 5.11 Å². The Bertz CT molecular complexity index is 743. The van der Waals surface area contributed by atoms with E-state index in [0.717, 1.165) is 22.2 Å². The van der Waals surface area contributed by atoms with Crippen molar-refractivity contribution < 1.29 is 9.90 Å². The van der Waals surface area contributed by atoms with Gasteiger partial charge in [-0.15, -0.1) is 12.4 Å². The summed E-state index contributed by atoms with van der Waals surface area (Å²) in [7, 11) is 0. The van der Waals surface area contributed by atoms with Crippen molar-refractivity contribution >= 4 is 29.3 Å². The third-order valence-electron chi connectivity index (χ3n) is 3.41. The molecule has 0 atom stereocenters. The minimum atomic E-state index is -0.864. The predicted molar refractivity (Wildman–Crippen MR) is 88.4 cm³/mol. The normalized spacial score (nSPS) is 10.8. The first kappa shape index (κ1) is 17.9. The summed E-state index contributed by atoms with van der Waals surface area (Å²) in [5, 5.41) is 19.4. The number of carbonyl (C=O) groups is 1. The van der Waals surface area contributed by atoms with E-state index in [1.165, 1.54) is 0 Å². The number of fused-ring (bicyclic) bond motifs is 1. The molecule has 1 heterocycles. The summed E-state index contributed by atoms with van der Waals surface area (Å²) in [6.45, 7) is 6.02. The van der Waals surface area contributed by atoms with Gasteiger partial charge in [-0.2, -0.15) is 5.26 Å². The molecule has 0 bridgehead atoms. The van der Waals surface area contributed by atoms with E-state index in [0.29, 0.717) is 12.0 Å². The largest absolute Gasteiger partial charge is 0.481 e. The molecular formula is C17H19ClN2O2. The Labute approximate surface area is 136 Å². The molecule has 1 N–H and O–H groups in total. The average molecular weight is 319 g/mol. The first-order valence-corrected chi connectivity index (χ1v) is 6.88. The molecule has 0 amide bonds. The summed E-state index contributed by atoms with van der Waals surface area (Å²) in [6.07, 6.45) is 0.344. The molecule has 0 spiro atoms. The van der Waals surface area contributed by atoms with Crippen LogP contribution in [0.1, 0.15) is 44.0 Å². The molecule has 1 aromatic heterocycles. The fourth-order valence-corrected chi connectivity index (χ4v) is 2.44. The Kier molecular flexibility index (Phi) is 5.51. The first-order chi connectivity index (χ1) is 9.84. The van der Waals surface area contributed by atoms with Crippen molar-refractivity contribution in [2.45, 2.75) is 39.0 Å². The zero-order valence-electron chi connectivity index (χ0n) is 12.9. The second kappa shape index (κ2) is 6.76. The zero-order valence-corrected chi connectivity index (χ0v) is 13.7. The van der Waals surface area contributed by atoms with E-state index in [-0.39, 0.29) is 24.2 Å². The summed E-state index contributed by atoms with van der Waals surface area (Å²) in [6, 6.07) is 9.80. The van der Waals surface area contributed by atoms with Gasteiger partial charge >= 0.3 is 5.97 Å². The van der Waals surface area contributed by atoms with Crippen LogP contribution in [-0.2, 0) is 16.6 Å². The number of carboxylic acids is 1. The Morgan fingerprint density at radius 1 is 1.32 bits per heavy atom. The monoisotopic (exact) mass is 318 g/mol. The Balaban J connectivity index is 0.00000242. The maximum Gasteiger partial charge on any atom is 0.303 e. The summed E-state index contributed by atoms with van der Waals surface area (Å²) in [4.78, 5) is 15.5. The number of nitrogens with zero attached hydrogens (tertiary/aromatic N) is 2. The average Bonchev–Trinajstić information content (AvgIpc) is 2.42. The summed E-state index contributed by atoms with van der Waals surface area (Å²) in [5.41, 5.74) is 2.57. The van der Waals surface area contributed by atoms with Crippen molar-refractivity contribution in [2.24, 2.45) is 0 Å². The number of hydrogen-bond acceptors (Lipinski definition) is 3. The summed E-state index contributed by atoms with van der Waals surface area (Å²) >= 11 is 0. The molecule has 0 saturated heterocycles. The van der Waals surface area contributed by atoms with Crippen molar-refractivity contribution in [1.82, 2.24) is 4.98 Å². The Hall–Kier alpha value is -2.12. The summed E-state index contributed by atoms with van der Waals surface area (Å²) in [5.74, 6) is -0.864. The highest BCUT2D eigenvalue weighted by molar-refractivity contribution is 5.86. The van der Waals surface area contributed by atoms with Crippen molar-refractivity contribution in [3.05, 3.63) is 41.1 Å². The van der Waals surface area contributed by atoms with Gasteiger partial charge in [-0.25, -0.2) is 0 Å². The van der Waals surface area contributed by atoms with Gasteiger partial charge in [-0.1, -0.05) is 39.0 Å². The number of para-hydroxylation sites is 1. The van der Waals surface area contributed by atoms with Crippen LogP contribution in [0.25, 0.3) is 10.9 Å². The molecule has 0 radical (unpaired) electrons. The number of carboxylic acid groups (broad SMARTS) is 1. The van der Waals surface area contributed by atoms with Crippen LogP contribution in [-0.4, -0.2) is 16.1 Å². The van der Waals surface area contributed by atoms with Gasteiger partial charge in [-0.05, 0) is 18.1 Å². The lowest BCUT2D eigenvalue weighted by Gasteiger charge is -2.22. The standard InChI is InChI=1S/C17H18N2O2.ClH/c1-17(2,3)16-13(10-18)11(8-9-15(20)21)12-6-4-5-7-14(12)19-16;/h4-7H,8-9H2,1-3H3,(H,20,21);1H. The van der Waals surface area contributed by atoms with Gasteiger partial charge in [0.25, 0.3) is 0 Å². The highest BCUT2D eigenvalue weighted by Crippen LogP contribution is 2.31. The fraction of sp³-hybridized carbons (Fsp3) is 0.353. The van der Waals surface area contributed by atoms with E-state index in [4.69, 9.17) is 5.11 Å². The zero-order chi connectivity index (χ0) is 15.6. The van der Waals surface area contributed by atoms with Crippen LogP contribution in [0.5, 0.6) is 0 Å². The fourth-order valence-electron chi connectivity index (χ4n) is 2.44. The lowest BCUT2D eigenvalue weighted by Crippen LogP contribution is -2.18. The van der Waals surface area contributed by atoms with Crippen LogP contribution in [0.2, 0.25) is 0 Å². The maximum absolute atomic E-state index is 10.9. The molecule has 2 aromatic rings. The van der Waals surface area contributed by atoms with E-state index in [9.17, 15) is 10.1 Å². The Morgan fingerprint density at radius 3 is 2.50 bits per heavy atom. The van der Waals surface area contributed by atoms with E-state index < -0.39 is 5.97 Å². The molecule has 2 rings (SSSR count). The topological polar surface area (TPSA) is 74.0 Å². The molecule has 0 unspecified atom stereocenters. The smallest absolute Gasteiger partial charge is 0.303 e. The van der Waals surface area contributed by atoms with Crippen LogP contribution in [0.3, 0.4) is 0 Å². The number of nitriles is 1. The number of aryl methyl sites for hydroxylation is 1. The second-order valence-electron chi connectivity index (χ2n) is 6.09. The van der Waals surface area contributed by atoms with Gasteiger partial charge in [0, 0.05) is 17.2 Å². The molecule has 0 aliphatic rings. The maximum atomic E-state index is 10.9. The van der Waals surface area contributed by atoms with Crippen LogP contribution >= 0.6 is 12.4 Å². The van der Waals surface area contributed by atoms with Crippen LogP contribution in [0.15, 0.2) is 24.3 Å². The third-order valence-corrected chi connectivity index (χ3v) is 3.41. The highest BCUT2D eigenvalue weighted by Gasteiger charge is 2.24. The quantitative estimate of drug-likeness (QED) is 0.933. The molecule has 1 aromatic carbocycles. The second-order valence-corrected chi connectivity index (χ2v) is 6.09. The van der Waals surface area contributed by atoms with Gasteiger partial charge in [0.1, 0.15) is 6.07 Å². The molecule has 0 saturated carbocycles. The lowest BCUT2D eigenvalue weighted by molar-refractivity contribution is -0.136. The molecule has 0 fully saturated rings. The van der Waals surface area contributed by atoms with Gasteiger partial charge in [-0.3, -0.25) is 9.78 Å². The van der Waals surface area contributed by atoms with Crippen LogP contribution < -0.4 is 0 Å². The third kappa shape index (κ3) is 3.55. The minimum absolute atomic E-state index is 0. The van der Waals surface area contributed by atoms with Crippen LogP contribution in [0.4, 0.5) is 0 Å². The summed E-state index contributed by atoms with van der Waals surface area (Å²) < 4.78 is 0. The molecule has 116 valence electrons. The number of benzene rings is 1. The molecule has 0 aliphatic heterocycles. The van der Waals surface area contributed by atoms with Crippen molar-refractivity contribution in [1.29, 1.82) is 5.26 Å². The van der Waals surface area contributed by atoms with Gasteiger partial charge in [0.15, 0.2) is 0 Å². The molecular weight excluding hydrogens is 300 g/mol. The van der Waals surface area contributed by atoms with E-state index in [2.05, 4.69) is 11.1 Å². The van der Waals surface area contributed by atoms with Gasteiger partial charge in [0.05, 0.1) is 16.8 Å². The van der Waals surface area contributed by atoms with Crippen molar-refractivity contribution in [3.8, 4) is 6.07 Å². The molecule has 22 heavy (non-hydrogen) atoms. The SMILES string of the molecule is CC(C)(C)c1nc2ccccc2c(CCC(=O)O)c1C#N.Cl. The van der Waals surface area contributed by atoms with Crippen LogP contribution in [0, 0.1) is 11.3 Å². The minimum Gasteiger partial charge on any atom is -0.481 e. The number of halogens is 1. The highest BCUT2D eigenvalue weighted by atomic mass is 35.5. The first-order valence-electron chi connectivity index (χ1n) is 6.88. The number of aromatic nitrogens is 1.